The van der Waals surface area contributed by atoms with Crippen LogP contribution in [0.5, 0.6) is 0 Å². The molecular formula is C53H45N3. The number of anilines is 6. The molecule has 272 valence electrons. The molecule has 0 amide bonds. The van der Waals surface area contributed by atoms with Gasteiger partial charge in [0.05, 0.1) is 5.69 Å². The van der Waals surface area contributed by atoms with Crippen molar-refractivity contribution in [2.45, 2.75) is 27.7 Å². The van der Waals surface area contributed by atoms with E-state index in [-0.39, 0.29) is 0 Å². The van der Waals surface area contributed by atoms with E-state index in [0.717, 1.165) is 67.6 Å². The van der Waals surface area contributed by atoms with Crippen LogP contribution in [0.25, 0.3) is 34.5 Å². The van der Waals surface area contributed by atoms with E-state index in [1.54, 1.807) is 0 Å². The molecule has 0 aliphatic carbocycles. The first-order valence-corrected chi connectivity index (χ1v) is 19.2. The monoisotopic (exact) mass is 723 g/mol. The van der Waals surface area contributed by atoms with Gasteiger partial charge in [0.2, 0.25) is 0 Å². The van der Waals surface area contributed by atoms with Gasteiger partial charge in [-0.25, -0.2) is 0 Å². The second-order valence-electron chi connectivity index (χ2n) is 14.5. The number of pyridine rings is 1. The first kappa shape index (κ1) is 36.0. The lowest BCUT2D eigenvalue weighted by atomic mass is 10.0. The van der Waals surface area contributed by atoms with Crippen LogP contribution in [-0.4, -0.2) is 4.98 Å². The lowest BCUT2D eigenvalue weighted by Crippen LogP contribution is -2.09. The molecule has 0 unspecified atom stereocenters. The fourth-order valence-electron chi connectivity index (χ4n) is 6.90. The summed E-state index contributed by atoms with van der Waals surface area (Å²) in [6.07, 6.45) is 6.31. The van der Waals surface area contributed by atoms with Crippen LogP contribution >= 0.6 is 0 Å². The SMILES string of the molecule is Cc1ccc(N(c2ccc(C)cc2)c2ccc(/C=C/c3ccc(-c4ccc(-c5ccc(N(c6ccc(C)cc6)c6ccc(C)cc6)cc5)nc4)cc3)cc2)cc1. The van der Waals surface area contributed by atoms with Gasteiger partial charge in [-0.2, -0.15) is 0 Å². The normalized spacial score (nSPS) is 11.1. The van der Waals surface area contributed by atoms with Gasteiger partial charge in [0, 0.05) is 51.4 Å². The molecular weight excluding hydrogens is 679 g/mol. The van der Waals surface area contributed by atoms with Crippen LogP contribution in [0, 0.1) is 27.7 Å². The molecule has 0 bridgehead atoms. The van der Waals surface area contributed by atoms with Gasteiger partial charge in [-0.1, -0.05) is 138 Å². The van der Waals surface area contributed by atoms with Crippen molar-refractivity contribution < 1.29 is 0 Å². The topological polar surface area (TPSA) is 19.4 Å². The lowest BCUT2D eigenvalue weighted by Gasteiger charge is -2.26. The molecule has 0 N–H and O–H groups in total. The maximum Gasteiger partial charge on any atom is 0.0702 e. The zero-order valence-corrected chi connectivity index (χ0v) is 32.4. The van der Waals surface area contributed by atoms with Gasteiger partial charge in [-0.05, 0) is 123 Å². The Balaban J connectivity index is 0.945. The molecule has 0 atom stereocenters. The quantitative estimate of drug-likeness (QED) is 0.131. The molecule has 0 aliphatic heterocycles. The summed E-state index contributed by atoms with van der Waals surface area (Å²) in [5.74, 6) is 0. The maximum atomic E-state index is 4.87. The van der Waals surface area contributed by atoms with Crippen LogP contribution in [0.2, 0.25) is 0 Å². The van der Waals surface area contributed by atoms with E-state index in [1.807, 2.05) is 6.20 Å². The molecule has 7 aromatic carbocycles. The number of benzene rings is 7. The Hall–Kier alpha value is -6.97. The maximum absolute atomic E-state index is 4.87. The highest BCUT2D eigenvalue weighted by atomic mass is 15.1. The van der Waals surface area contributed by atoms with Crippen LogP contribution in [-0.2, 0) is 0 Å². The lowest BCUT2D eigenvalue weighted by molar-refractivity contribution is 1.26. The van der Waals surface area contributed by atoms with E-state index >= 15 is 0 Å². The molecule has 1 heterocycles. The molecule has 0 fully saturated rings. The van der Waals surface area contributed by atoms with Crippen molar-refractivity contribution in [2.24, 2.45) is 0 Å². The summed E-state index contributed by atoms with van der Waals surface area (Å²) in [4.78, 5) is 9.46. The van der Waals surface area contributed by atoms with Crippen LogP contribution < -0.4 is 9.80 Å². The zero-order valence-electron chi connectivity index (χ0n) is 32.4. The highest BCUT2D eigenvalue weighted by molar-refractivity contribution is 5.80. The average Bonchev–Trinajstić information content (AvgIpc) is 3.24. The first-order valence-electron chi connectivity index (χ1n) is 19.2. The summed E-state index contributed by atoms with van der Waals surface area (Å²) in [7, 11) is 0. The Morgan fingerprint density at radius 2 is 0.589 bits per heavy atom. The smallest absolute Gasteiger partial charge is 0.0702 e. The van der Waals surface area contributed by atoms with Crippen LogP contribution in [0.3, 0.4) is 0 Å². The van der Waals surface area contributed by atoms with Crippen molar-refractivity contribution in [3.05, 3.63) is 222 Å². The van der Waals surface area contributed by atoms with Gasteiger partial charge in [-0.3, -0.25) is 4.98 Å². The minimum absolute atomic E-state index is 0.948. The van der Waals surface area contributed by atoms with Crippen molar-refractivity contribution in [1.29, 1.82) is 0 Å². The van der Waals surface area contributed by atoms with Crippen molar-refractivity contribution in [1.82, 2.24) is 4.98 Å². The third kappa shape index (κ3) is 8.23. The predicted octanol–water partition coefficient (Wildman–Crippen LogP) is 14.8. The zero-order chi connectivity index (χ0) is 38.4. The Bertz CT molecular complexity index is 2440. The molecule has 1 aromatic heterocycles. The minimum Gasteiger partial charge on any atom is -0.311 e. The van der Waals surface area contributed by atoms with Crippen molar-refractivity contribution >= 4 is 46.3 Å². The number of hydrogen-bond acceptors (Lipinski definition) is 3. The van der Waals surface area contributed by atoms with Gasteiger partial charge in [0.1, 0.15) is 0 Å². The van der Waals surface area contributed by atoms with Crippen LogP contribution in [0.15, 0.2) is 188 Å². The molecule has 8 rings (SSSR count). The molecule has 56 heavy (non-hydrogen) atoms. The molecule has 0 spiro atoms. The molecule has 8 aromatic rings. The van der Waals surface area contributed by atoms with Crippen molar-refractivity contribution in [3.63, 3.8) is 0 Å². The molecule has 3 heteroatoms. The Morgan fingerprint density at radius 3 is 0.929 bits per heavy atom. The van der Waals surface area contributed by atoms with E-state index < -0.39 is 0 Å². The highest BCUT2D eigenvalue weighted by Gasteiger charge is 2.14. The summed E-state index contributed by atoms with van der Waals surface area (Å²) in [5.41, 5.74) is 18.3. The summed E-state index contributed by atoms with van der Waals surface area (Å²) in [6.45, 7) is 8.49. The largest absolute Gasteiger partial charge is 0.311 e. The van der Waals surface area contributed by atoms with Gasteiger partial charge in [-0.15, -0.1) is 0 Å². The standard InChI is InChI=1S/C53H45N3/c1-38-5-24-47(25-6-38)55(48-26-7-39(2)8-27-48)51-32-17-43(18-33-51)14-13-42-15-19-44(20-16-42)46-23-36-53(54-37-46)45-21-34-52(35-22-45)56(49-28-9-40(3)10-29-49)50-30-11-41(4)12-31-50/h5-37H,1-4H3/b14-13+. The van der Waals surface area contributed by atoms with Gasteiger partial charge in [0.15, 0.2) is 0 Å². The summed E-state index contributed by atoms with van der Waals surface area (Å²) >= 11 is 0. The Kier molecular flexibility index (Phi) is 10.4. The summed E-state index contributed by atoms with van der Waals surface area (Å²) in [5, 5.41) is 0. The van der Waals surface area contributed by atoms with Crippen molar-refractivity contribution in [3.8, 4) is 22.4 Å². The van der Waals surface area contributed by atoms with E-state index in [0.29, 0.717) is 0 Å². The predicted molar refractivity (Wildman–Crippen MR) is 239 cm³/mol. The molecule has 0 saturated carbocycles. The van der Waals surface area contributed by atoms with Gasteiger partial charge >= 0.3 is 0 Å². The molecule has 0 aliphatic rings. The van der Waals surface area contributed by atoms with E-state index in [4.69, 9.17) is 4.98 Å². The third-order valence-corrected chi connectivity index (χ3v) is 10.2. The van der Waals surface area contributed by atoms with Gasteiger partial charge < -0.3 is 9.80 Å². The number of rotatable bonds is 10. The second kappa shape index (κ2) is 16.2. The Labute approximate surface area is 331 Å². The summed E-state index contributed by atoms with van der Waals surface area (Å²) in [6, 6.07) is 65.1. The minimum atomic E-state index is 0.948. The van der Waals surface area contributed by atoms with Crippen molar-refractivity contribution in [2.75, 3.05) is 9.80 Å². The number of aryl methyl sites for hydroxylation is 4. The van der Waals surface area contributed by atoms with E-state index in [9.17, 15) is 0 Å². The second-order valence-corrected chi connectivity index (χ2v) is 14.5. The Morgan fingerprint density at radius 1 is 0.304 bits per heavy atom. The van der Waals surface area contributed by atoms with Crippen LogP contribution in [0.1, 0.15) is 33.4 Å². The van der Waals surface area contributed by atoms with Crippen LogP contribution in [0.4, 0.5) is 34.1 Å². The van der Waals surface area contributed by atoms with E-state index in [2.05, 4.69) is 232 Å². The first-order chi connectivity index (χ1) is 27.4. The number of aromatic nitrogens is 1. The molecule has 3 nitrogen and oxygen atoms in total. The highest BCUT2D eigenvalue weighted by Crippen LogP contribution is 2.37. The van der Waals surface area contributed by atoms with E-state index in [1.165, 1.54) is 22.3 Å². The molecule has 0 saturated heterocycles. The third-order valence-electron chi connectivity index (χ3n) is 10.2. The average molecular weight is 724 g/mol. The summed E-state index contributed by atoms with van der Waals surface area (Å²) < 4.78 is 0. The number of nitrogens with zero attached hydrogens (tertiary/aromatic N) is 3. The van der Waals surface area contributed by atoms with Gasteiger partial charge in [0.25, 0.3) is 0 Å². The fourth-order valence-corrected chi connectivity index (χ4v) is 6.90. The fraction of sp³-hybridized carbons (Fsp3) is 0.0755. The molecule has 0 radical (unpaired) electrons. The number of hydrogen-bond donors (Lipinski definition) is 0.